The average Bonchev–Trinajstić information content (AvgIpc) is 2.95. The van der Waals surface area contributed by atoms with E-state index in [0.717, 1.165) is 0 Å². The van der Waals surface area contributed by atoms with Crippen molar-refractivity contribution in [2.45, 2.75) is 46.6 Å². The monoisotopic (exact) mass is 480 g/mol. The van der Waals surface area contributed by atoms with Gasteiger partial charge in [0.1, 0.15) is 6.10 Å². The summed E-state index contributed by atoms with van der Waals surface area (Å²) in [4.78, 5) is 66.7. The van der Waals surface area contributed by atoms with Crippen LogP contribution in [-0.4, -0.2) is 74.0 Å². The number of nitrogens with zero attached hydrogens (tertiary/aromatic N) is 1. The number of nitrogens with one attached hydrogen (secondary N) is 3. The molecule has 182 valence electrons. The van der Waals surface area contributed by atoms with E-state index < -0.39 is 62.7 Å². The second-order valence-electron chi connectivity index (χ2n) is 7.91. The zero-order chi connectivity index (χ0) is 24.5. The van der Waals surface area contributed by atoms with Crippen LogP contribution in [0.15, 0.2) is 0 Å². The van der Waals surface area contributed by atoms with E-state index in [-0.39, 0.29) is 31.0 Å². The number of amides is 3. The van der Waals surface area contributed by atoms with Crippen LogP contribution in [0.25, 0.3) is 0 Å². The van der Waals surface area contributed by atoms with Crippen molar-refractivity contribution < 1.29 is 46.8 Å². The third-order valence-corrected chi connectivity index (χ3v) is 5.57. The van der Waals surface area contributed by atoms with Crippen molar-refractivity contribution in [3.05, 3.63) is 0 Å². The predicted octanol–water partition coefficient (Wildman–Crippen LogP) is -1.28. The number of imide groups is 1. The van der Waals surface area contributed by atoms with Crippen molar-refractivity contribution in [2.24, 2.45) is 5.41 Å². The minimum Gasteiger partial charge on any atom is -0.429 e. The largest absolute Gasteiger partial charge is 0.534 e. The maximum Gasteiger partial charge on any atom is 0.534 e. The van der Waals surface area contributed by atoms with Crippen LogP contribution in [0.1, 0.15) is 40.5 Å². The average molecular weight is 480 g/mol. The molecule has 1 heterocycles. The van der Waals surface area contributed by atoms with E-state index in [2.05, 4.69) is 26.0 Å². The number of carbonyl (C=O) groups is 5. The molecule has 1 fully saturated rings. The van der Waals surface area contributed by atoms with Crippen LogP contribution >= 0.6 is 0 Å². The molecular weight excluding hydrogens is 452 g/mol. The summed E-state index contributed by atoms with van der Waals surface area (Å²) in [6.07, 6.45) is -2.68. The van der Waals surface area contributed by atoms with Gasteiger partial charge >= 0.3 is 12.1 Å². The third kappa shape index (κ3) is 10.0. The fourth-order valence-electron chi connectivity index (χ4n) is 2.15. The van der Waals surface area contributed by atoms with Crippen LogP contribution in [0.4, 0.5) is 4.79 Å². The molecule has 1 atom stereocenters. The number of hydrogen-bond acceptors (Lipinski definition) is 12. The zero-order valence-corrected chi connectivity index (χ0v) is 19.1. The fourth-order valence-corrected chi connectivity index (χ4v) is 3.52. The van der Waals surface area contributed by atoms with Gasteiger partial charge in [0.15, 0.2) is 9.84 Å². The lowest BCUT2D eigenvalue weighted by atomic mass is 9.98. The minimum absolute atomic E-state index is 0.0879. The van der Waals surface area contributed by atoms with E-state index in [1.54, 1.807) is 20.8 Å². The second-order valence-corrected chi connectivity index (χ2v) is 10.1. The molecule has 14 nitrogen and oxygen atoms in total. The van der Waals surface area contributed by atoms with Crippen molar-refractivity contribution in [3.8, 4) is 0 Å². The molecule has 0 spiro atoms. The van der Waals surface area contributed by atoms with Crippen LogP contribution in [0.3, 0.4) is 0 Å². The topological polar surface area (TPSA) is 187 Å². The Hall–Kier alpha value is -2.78. The molecular formula is C17H28N4O10S. The lowest BCUT2D eigenvalue weighted by Crippen LogP contribution is -2.44. The summed E-state index contributed by atoms with van der Waals surface area (Å²) >= 11 is 0. The molecule has 32 heavy (non-hydrogen) atoms. The molecule has 1 rings (SSSR count). The smallest absolute Gasteiger partial charge is 0.429 e. The molecule has 0 aromatic rings. The molecule has 0 aliphatic carbocycles. The maximum atomic E-state index is 12.1. The molecule has 0 aromatic heterocycles. The highest BCUT2D eigenvalue weighted by Gasteiger charge is 2.34. The number of ether oxygens (including phenoxy) is 1. The molecule has 1 aliphatic rings. The van der Waals surface area contributed by atoms with Gasteiger partial charge in [0.2, 0.25) is 5.91 Å². The number of hydrogen-bond donors (Lipinski definition) is 3. The first-order valence-electron chi connectivity index (χ1n) is 9.62. The number of rotatable bonds is 11. The van der Waals surface area contributed by atoms with Crippen LogP contribution in [-0.2, 0) is 43.4 Å². The van der Waals surface area contributed by atoms with Gasteiger partial charge in [-0.15, -0.1) is 0 Å². The molecule has 0 bridgehead atoms. The maximum absolute atomic E-state index is 12.1. The Kier molecular flexibility index (Phi) is 9.99. The van der Waals surface area contributed by atoms with Gasteiger partial charge in [0, 0.05) is 19.4 Å². The van der Waals surface area contributed by atoms with Crippen molar-refractivity contribution in [1.29, 1.82) is 0 Å². The van der Waals surface area contributed by atoms with Crippen molar-refractivity contribution in [1.82, 2.24) is 21.4 Å². The van der Waals surface area contributed by atoms with Crippen LogP contribution in [0.2, 0.25) is 0 Å². The first kappa shape index (κ1) is 27.3. The van der Waals surface area contributed by atoms with E-state index in [1.807, 2.05) is 0 Å². The highest BCUT2D eigenvalue weighted by molar-refractivity contribution is 7.91. The number of hydrazine groups is 1. The Bertz CT molecular complexity index is 821. The Balaban J connectivity index is 2.26. The molecule has 0 saturated carbocycles. The quantitative estimate of drug-likeness (QED) is 0.138. The first-order valence-corrected chi connectivity index (χ1v) is 11.4. The Morgan fingerprint density at radius 3 is 2.28 bits per heavy atom. The summed E-state index contributed by atoms with van der Waals surface area (Å²) < 4.78 is 28.9. The van der Waals surface area contributed by atoms with Crippen molar-refractivity contribution in [3.63, 3.8) is 0 Å². The Labute approximate surface area is 185 Å². The lowest BCUT2D eigenvalue weighted by Gasteiger charge is -2.16. The van der Waals surface area contributed by atoms with E-state index in [0.29, 0.717) is 0 Å². The molecule has 0 radical (unpaired) electrons. The minimum atomic E-state index is -3.72. The third-order valence-electron chi connectivity index (χ3n) is 3.77. The van der Waals surface area contributed by atoms with Gasteiger partial charge in [0.25, 0.3) is 11.8 Å². The lowest BCUT2D eigenvalue weighted by molar-refractivity contribution is -0.178. The molecule has 0 aromatic carbocycles. The van der Waals surface area contributed by atoms with E-state index in [4.69, 9.17) is 4.74 Å². The molecule has 3 amide bonds. The van der Waals surface area contributed by atoms with Gasteiger partial charge in [-0.3, -0.25) is 19.2 Å². The SMILES string of the molecule is CC(CS(=O)(=O)CCNC(=O)CNNOC(=O)C(C)(C)C)OC(=O)ON1C(=O)CCC1=O. The second kappa shape index (κ2) is 11.7. The summed E-state index contributed by atoms with van der Waals surface area (Å²) in [5, 5.41) is 2.64. The Morgan fingerprint density at radius 1 is 1.12 bits per heavy atom. The van der Waals surface area contributed by atoms with Gasteiger partial charge in [0.05, 0.1) is 23.5 Å². The van der Waals surface area contributed by atoms with Gasteiger partial charge < -0.3 is 14.9 Å². The first-order chi connectivity index (χ1) is 14.7. The molecule has 15 heteroatoms. The standard InChI is InChI=1S/C17H28N4O10S/c1-11(29-16(26)31-21-13(23)5-6-14(21)24)10-32(27,28)8-7-18-12(22)9-19-20-30-15(25)17(2,3)4/h11,19-20H,5-10H2,1-4H3,(H,18,22). The summed E-state index contributed by atoms with van der Waals surface area (Å²) in [6.45, 7) is 5.73. The molecule has 1 unspecified atom stereocenters. The Morgan fingerprint density at radius 2 is 1.72 bits per heavy atom. The van der Waals surface area contributed by atoms with Gasteiger partial charge in [-0.1, -0.05) is 10.7 Å². The normalized spacial score (nSPS) is 15.3. The summed E-state index contributed by atoms with van der Waals surface area (Å²) in [6, 6.07) is 0. The summed E-state index contributed by atoms with van der Waals surface area (Å²) in [5.74, 6) is -3.50. The van der Waals surface area contributed by atoms with E-state index in [1.165, 1.54) is 6.92 Å². The van der Waals surface area contributed by atoms with Crippen LogP contribution in [0.5, 0.6) is 0 Å². The predicted molar refractivity (Wildman–Crippen MR) is 106 cm³/mol. The number of hydroxylamine groups is 2. The molecule has 1 aliphatic heterocycles. The number of carbonyl (C=O) groups excluding carboxylic acids is 5. The highest BCUT2D eigenvalue weighted by atomic mass is 32.2. The summed E-state index contributed by atoms with van der Waals surface area (Å²) in [7, 11) is -3.72. The highest BCUT2D eigenvalue weighted by Crippen LogP contribution is 2.14. The molecule has 1 saturated heterocycles. The van der Waals surface area contributed by atoms with Crippen molar-refractivity contribution in [2.75, 3.05) is 24.6 Å². The van der Waals surface area contributed by atoms with Gasteiger partial charge in [-0.25, -0.2) is 23.4 Å². The van der Waals surface area contributed by atoms with E-state index in [9.17, 15) is 32.4 Å². The van der Waals surface area contributed by atoms with E-state index >= 15 is 0 Å². The number of sulfone groups is 1. The van der Waals surface area contributed by atoms with Crippen LogP contribution < -0.4 is 16.3 Å². The van der Waals surface area contributed by atoms with Crippen LogP contribution in [0, 0.1) is 5.41 Å². The summed E-state index contributed by atoms with van der Waals surface area (Å²) in [5.41, 5.74) is 3.74. The van der Waals surface area contributed by atoms with Gasteiger partial charge in [-0.05, 0) is 27.7 Å². The molecule has 3 N–H and O–H groups in total. The van der Waals surface area contributed by atoms with Crippen molar-refractivity contribution >= 4 is 39.7 Å². The van der Waals surface area contributed by atoms with Gasteiger partial charge in [-0.2, -0.15) is 0 Å². The zero-order valence-electron chi connectivity index (χ0n) is 18.3. The fraction of sp³-hybridized carbons (Fsp3) is 0.706.